The van der Waals surface area contributed by atoms with E-state index >= 15 is 0 Å². The molecule has 0 fully saturated rings. The van der Waals surface area contributed by atoms with Gasteiger partial charge in [0.05, 0.1) is 32.2 Å². The van der Waals surface area contributed by atoms with Crippen LogP contribution in [0, 0.1) is 10.6 Å². The van der Waals surface area contributed by atoms with Crippen molar-refractivity contribution >= 4 is 57.9 Å². The van der Waals surface area contributed by atoms with E-state index in [0.29, 0.717) is 0 Å². The first-order valence-corrected chi connectivity index (χ1v) is 10.5. The molecule has 1 aromatic heterocycles. The van der Waals surface area contributed by atoms with Crippen LogP contribution in [0.2, 0.25) is 10.0 Å². The van der Waals surface area contributed by atoms with Crippen molar-refractivity contribution in [3.8, 4) is 5.69 Å². The molecule has 12 heteroatoms. The molecule has 2 N–H and O–H groups in total. The molecule has 1 amide bonds. The Labute approximate surface area is 203 Å². The third-order valence-electron chi connectivity index (χ3n) is 4.85. The van der Waals surface area contributed by atoms with Crippen molar-refractivity contribution in [3.63, 3.8) is 0 Å². The summed E-state index contributed by atoms with van der Waals surface area (Å²) in [7, 11) is 0. The molecular formula is C22H11Cl2F4N3O2S. The van der Waals surface area contributed by atoms with Crippen LogP contribution in [0.25, 0.3) is 16.6 Å². The summed E-state index contributed by atoms with van der Waals surface area (Å²) < 4.78 is 53.8. The molecule has 1 heterocycles. The van der Waals surface area contributed by atoms with Gasteiger partial charge in [-0.15, -0.1) is 0 Å². The number of nitrogens with one attached hydrogen (secondary N) is 2. The number of alkyl halides is 3. The molecule has 0 bridgehead atoms. The largest absolute Gasteiger partial charge is 0.417 e. The second-order valence-corrected chi connectivity index (χ2v) is 8.28. The molecule has 0 saturated carbocycles. The van der Waals surface area contributed by atoms with Crippen LogP contribution in [0.3, 0.4) is 0 Å². The molecule has 0 saturated heterocycles. The van der Waals surface area contributed by atoms with Crippen LogP contribution in [0.4, 0.5) is 23.2 Å². The topological polar surface area (TPSA) is 66.9 Å². The van der Waals surface area contributed by atoms with E-state index < -0.39 is 34.0 Å². The van der Waals surface area contributed by atoms with Gasteiger partial charge in [0.25, 0.3) is 11.5 Å². The van der Waals surface area contributed by atoms with Crippen LogP contribution in [0.15, 0.2) is 59.4 Å². The van der Waals surface area contributed by atoms with Crippen LogP contribution in [0.5, 0.6) is 0 Å². The third-order valence-corrected chi connectivity index (χ3v) is 5.75. The van der Waals surface area contributed by atoms with Crippen LogP contribution in [-0.4, -0.2) is 15.5 Å². The summed E-state index contributed by atoms with van der Waals surface area (Å²) >= 11 is 16.7. The van der Waals surface area contributed by atoms with Crippen molar-refractivity contribution in [2.24, 2.45) is 0 Å². The summed E-state index contributed by atoms with van der Waals surface area (Å²) in [4.78, 5) is 28.5. The maximum atomic E-state index is 13.5. The highest BCUT2D eigenvalue weighted by molar-refractivity contribution is 7.71. The highest BCUT2D eigenvalue weighted by Crippen LogP contribution is 2.36. The molecule has 34 heavy (non-hydrogen) atoms. The lowest BCUT2D eigenvalue weighted by Crippen LogP contribution is -2.21. The highest BCUT2D eigenvalue weighted by atomic mass is 35.5. The van der Waals surface area contributed by atoms with E-state index in [1.807, 2.05) is 0 Å². The molecule has 0 spiro atoms. The number of benzene rings is 3. The quantitative estimate of drug-likeness (QED) is 0.228. The van der Waals surface area contributed by atoms with Crippen LogP contribution < -0.4 is 10.9 Å². The second-order valence-electron chi connectivity index (χ2n) is 7.08. The number of fused-ring (bicyclic) bond motifs is 1. The molecule has 4 aromatic rings. The Hall–Kier alpha value is -3.21. The average Bonchev–Trinajstić information content (AvgIpc) is 2.76. The van der Waals surface area contributed by atoms with E-state index in [4.69, 9.17) is 35.4 Å². The van der Waals surface area contributed by atoms with Gasteiger partial charge in [0, 0.05) is 11.3 Å². The van der Waals surface area contributed by atoms with Gasteiger partial charge in [0.15, 0.2) is 4.77 Å². The number of carbonyl (C=O) groups is 1. The van der Waals surface area contributed by atoms with Crippen LogP contribution >= 0.6 is 35.4 Å². The normalized spacial score (nSPS) is 11.6. The van der Waals surface area contributed by atoms with Crippen molar-refractivity contribution in [2.45, 2.75) is 6.18 Å². The molecule has 0 radical (unpaired) electrons. The molecule has 4 rings (SSSR count). The molecule has 0 aliphatic rings. The minimum Gasteiger partial charge on any atom is -0.331 e. The minimum atomic E-state index is -4.69. The number of rotatable bonds is 3. The number of carbonyl (C=O) groups excluding carboxylic acids is 1. The number of aromatic nitrogens is 2. The first-order chi connectivity index (χ1) is 16.0. The third kappa shape index (κ3) is 4.56. The standard InChI is InChI=1S/C22H11Cl2F4N3O2S/c23-15-5-2-11(8-14(15)22(26,27)28)29-19(32)10-1-4-13-18(7-10)30-21(34)31(20(13)33)12-3-6-17(25)16(24)9-12/h1-9H,(H,29,32)(H,30,34). The monoisotopic (exact) mass is 527 g/mol. The van der Waals surface area contributed by atoms with Crippen LogP contribution in [-0.2, 0) is 6.18 Å². The van der Waals surface area contributed by atoms with Gasteiger partial charge in [-0.2, -0.15) is 13.2 Å². The zero-order valence-electron chi connectivity index (χ0n) is 16.6. The summed E-state index contributed by atoms with van der Waals surface area (Å²) in [5, 5.41) is 1.84. The molecule has 5 nitrogen and oxygen atoms in total. The Kier molecular flexibility index (Phi) is 6.24. The Morgan fingerprint density at radius 1 is 1.00 bits per heavy atom. The van der Waals surface area contributed by atoms with Crippen molar-refractivity contribution < 1.29 is 22.4 Å². The number of amides is 1. The molecule has 0 aliphatic heterocycles. The van der Waals surface area contributed by atoms with Gasteiger partial charge in [0.2, 0.25) is 0 Å². The van der Waals surface area contributed by atoms with E-state index in [-0.39, 0.29) is 37.6 Å². The second kappa shape index (κ2) is 8.86. The van der Waals surface area contributed by atoms with Crippen LogP contribution in [0.1, 0.15) is 15.9 Å². The SMILES string of the molecule is O=C(Nc1ccc(Cl)c(C(F)(F)F)c1)c1ccc2c(=O)n(-c3ccc(F)c(Cl)c3)c(=S)[nH]c2c1. The zero-order valence-corrected chi connectivity index (χ0v) is 19.0. The highest BCUT2D eigenvalue weighted by Gasteiger charge is 2.33. The lowest BCUT2D eigenvalue weighted by molar-refractivity contribution is -0.137. The maximum Gasteiger partial charge on any atom is 0.417 e. The Balaban J connectivity index is 1.71. The predicted molar refractivity (Wildman–Crippen MR) is 124 cm³/mol. The minimum absolute atomic E-state index is 0.0368. The lowest BCUT2D eigenvalue weighted by Gasteiger charge is -2.12. The van der Waals surface area contributed by atoms with Gasteiger partial charge in [-0.05, 0) is 66.8 Å². The Bertz CT molecular complexity index is 1580. The summed E-state index contributed by atoms with van der Waals surface area (Å²) in [6.07, 6.45) is -4.69. The number of H-pyrrole nitrogens is 1. The lowest BCUT2D eigenvalue weighted by atomic mass is 10.1. The average molecular weight is 528 g/mol. The Morgan fingerprint density at radius 2 is 1.74 bits per heavy atom. The smallest absolute Gasteiger partial charge is 0.331 e. The van der Waals surface area contributed by atoms with Gasteiger partial charge in [-0.3, -0.25) is 14.2 Å². The van der Waals surface area contributed by atoms with Crippen molar-refractivity contribution in [3.05, 3.63) is 96.7 Å². The zero-order chi connectivity index (χ0) is 24.8. The summed E-state index contributed by atoms with van der Waals surface area (Å²) in [6.45, 7) is 0. The fraction of sp³-hybridized carbons (Fsp3) is 0.0455. The molecule has 0 aliphatic carbocycles. The van der Waals surface area contributed by atoms with E-state index in [9.17, 15) is 27.2 Å². The molecule has 3 aromatic carbocycles. The van der Waals surface area contributed by atoms with E-state index in [0.717, 1.165) is 22.8 Å². The predicted octanol–water partition coefficient (Wildman–Crippen LogP) is 6.77. The van der Waals surface area contributed by atoms with E-state index in [2.05, 4.69) is 10.3 Å². The van der Waals surface area contributed by atoms with E-state index in [1.54, 1.807) is 0 Å². The number of halogens is 6. The number of hydrogen-bond donors (Lipinski definition) is 2. The Morgan fingerprint density at radius 3 is 2.41 bits per heavy atom. The fourth-order valence-corrected chi connectivity index (χ4v) is 3.94. The summed E-state index contributed by atoms with van der Waals surface area (Å²) in [5.41, 5.74) is -1.22. The molecule has 0 unspecified atom stereocenters. The van der Waals surface area contributed by atoms with E-state index in [1.165, 1.54) is 36.4 Å². The first kappa shape index (κ1) is 23.9. The number of anilines is 1. The van der Waals surface area contributed by atoms with Crippen molar-refractivity contribution in [1.29, 1.82) is 0 Å². The van der Waals surface area contributed by atoms with Crippen molar-refractivity contribution in [1.82, 2.24) is 9.55 Å². The van der Waals surface area contributed by atoms with Gasteiger partial charge in [-0.25, -0.2) is 4.39 Å². The summed E-state index contributed by atoms with van der Waals surface area (Å²) in [5.74, 6) is -1.38. The molecule has 0 atom stereocenters. The summed E-state index contributed by atoms with van der Waals surface area (Å²) in [6, 6.07) is 10.7. The van der Waals surface area contributed by atoms with Gasteiger partial charge in [-0.1, -0.05) is 23.2 Å². The van der Waals surface area contributed by atoms with Gasteiger partial charge in [0.1, 0.15) is 5.82 Å². The maximum absolute atomic E-state index is 13.5. The number of aromatic amines is 1. The fourth-order valence-electron chi connectivity index (χ4n) is 3.24. The molecule has 174 valence electrons. The van der Waals surface area contributed by atoms with Crippen molar-refractivity contribution in [2.75, 3.05) is 5.32 Å². The van der Waals surface area contributed by atoms with Gasteiger partial charge >= 0.3 is 6.18 Å². The number of hydrogen-bond acceptors (Lipinski definition) is 3. The van der Waals surface area contributed by atoms with Gasteiger partial charge < -0.3 is 10.3 Å². The number of nitrogens with zero attached hydrogens (tertiary/aromatic N) is 1. The molecular weight excluding hydrogens is 517 g/mol. The first-order valence-electron chi connectivity index (χ1n) is 9.38.